The van der Waals surface area contributed by atoms with Crippen molar-refractivity contribution in [3.05, 3.63) is 70.8 Å². The van der Waals surface area contributed by atoms with E-state index >= 15 is 0 Å². The molecule has 2 aromatic carbocycles. The lowest BCUT2D eigenvalue weighted by Crippen LogP contribution is -2.60. The number of amides is 3. The highest BCUT2D eigenvalue weighted by atomic mass is 16.5. The quantitative estimate of drug-likeness (QED) is 0.675. The Hall–Kier alpha value is -3.23. The van der Waals surface area contributed by atoms with E-state index in [4.69, 9.17) is 9.47 Å². The summed E-state index contributed by atoms with van der Waals surface area (Å²) in [7, 11) is 0. The van der Waals surface area contributed by atoms with Crippen molar-refractivity contribution in [2.75, 3.05) is 32.8 Å². The Morgan fingerprint density at radius 2 is 1.62 bits per heavy atom. The van der Waals surface area contributed by atoms with E-state index in [1.54, 1.807) is 11.0 Å². The highest BCUT2D eigenvalue weighted by Gasteiger charge is 2.54. The van der Waals surface area contributed by atoms with Gasteiger partial charge in [0.05, 0.1) is 12.7 Å². The fraction of sp³-hybridized carbons (Fsp3) is 0.483. The number of carbonyl (C=O) groups is 3. The van der Waals surface area contributed by atoms with Crippen LogP contribution in [0.5, 0.6) is 0 Å². The molecular formula is C29H35N3O5. The first-order chi connectivity index (χ1) is 17.9. The predicted octanol–water partition coefficient (Wildman–Crippen LogP) is 3.07. The predicted molar refractivity (Wildman–Crippen MR) is 138 cm³/mol. The van der Waals surface area contributed by atoms with E-state index in [1.165, 1.54) is 0 Å². The van der Waals surface area contributed by atoms with E-state index in [-0.39, 0.29) is 30.4 Å². The number of hydrogen-bond donors (Lipinski definition) is 1. The molecule has 196 valence electrons. The molecule has 1 spiro atoms. The fourth-order valence-electron chi connectivity index (χ4n) is 5.64. The van der Waals surface area contributed by atoms with Crippen LogP contribution in [0.1, 0.15) is 57.5 Å². The van der Waals surface area contributed by atoms with Crippen molar-refractivity contribution in [1.82, 2.24) is 15.1 Å². The number of nitrogens with zero attached hydrogens (tertiary/aromatic N) is 2. The van der Waals surface area contributed by atoms with Crippen LogP contribution in [0.25, 0.3) is 0 Å². The molecule has 0 saturated carbocycles. The van der Waals surface area contributed by atoms with Gasteiger partial charge in [-0.15, -0.1) is 0 Å². The minimum Gasteiger partial charge on any atom is -0.376 e. The molecule has 8 heteroatoms. The summed E-state index contributed by atoms with van der Waals surface area (Å²) in [4.78, 5) is 43.8. The van der Waals surface area contributed by atoms with Gasteiger partial charge in [0, 0.05) is 50.2 Å². The Bertz CT molecular complexity index is 1170. The summed E-state index contributed by atoms with van der Waals surface area (Å²) < 4.78 is 11.9. The van der Waals surface area contributed by atoms with Gasteiger partial charge in [-0.2, -0.15) is 0 Å². The molecule has 3 fully saturated rings. The Morgan fingerprint density at radius 3 is 2.22 bits per heavy atom. The van der Waals surface area contributed by atoms with E-state index in [0.29, 0.717) is 50.2 Å². The number of aryl methyl sites for hydroxylation is 2. The van der Waals surface area contributed by atoms with E-state index in [0.717, 1.165) is 24.0 Å². The summed E-state index contributed by atoms with van der Waals surface area (Å²) in [5, 5.41) is 2.99. The lowest BCUT2D eigenvalue weighted by Gasteiger charge is -2.44. The fourth-order valence-corrected chi connectivity index (χ4v) is 5.64. The number of carbonyl (C=O) groups excluding carboxylic acids is 3. The van der Waals surface area contributed by atoms with Crippen LogP contribution in [0.2, 0.25) is 0 Å². The lowest BCUT2D eigenvalue weighted by molar-refractivity contribution is -0.128. The molecule has 5 rings (SSSR count). The van der Waals surface area contributed by atoms with E-state index < -0.39 is 11.8 Å². The molecule has 0 aliphatic carbocycles. The monoisotopic (exact) mass is 505 g/mol. The number of piperidine rings is 1. The van der Waals surface area contributed by atoms with Gasteiger partial charge in [-0.1, -0.05) is 35.4 Å². The summed E-state index contributed by atoms with van der Waals surface area (Å²) in [6.07, 6.45) is 2.81. The standard InChI is InChI=1S/C29H35N3O5/c1-20-6-3-8-22(16-20)27(34)31-13-11-29(12-14-31)32(28(35)23-9-4-7-21(2)17-23)25(19-37-29)26(33)30-18-24-10-5-15-36-24/h3-4,6-9,16-17,24-25H,5,10-15,18-19H2,1-2H3,(H,30,33)/t24-,25+/m1/s1. The third-order valence-corrected chi connectivity index (χ3v) is 7.67. The third-order valence-electron chi connectivity index (χ3n) is 7.67. The third kappa shape index (κ3) is 5.26. The summed E-state index contributed by atoms with van der Waals surface area (Å²) in [5.41, 5.74) is 2.25. The Labute approximate surface area is 217 Å². The Kier molecular flexibility index (Phi) is 7.31. The van der Waals surface area contributed by atoms with Gasteiger partial charge in [-0.3, -0.25) is 19.3 Å². The van der Waals surface area contributed by atoms with Crippen LogP contribution in [-0.4, -0.2) is 78.2 Å². The van der Waals surface area contributed by atoms with Crippen LogP contribution in [0.15, 0.2) is 48.5 Å². The largest absolute Gasteiger partial charge is 0.376 e. The number of benzene rings is 2. The highest BCUT2D eigenvalue weighted by molar-refractivity contribution is 5.99. The van der Waals surface area contributed by atoms with Crippen LogP contribution in [-0.2, 0) is 14.3 Å². The maximum Gasteiger partial charge on any atom is 0.256 e. The maximum atomic E-state index is 13.9. The normalized spacial score (nSPS) is 22.9. The number of hydrogen-bond acceptors (Lipinski definition) is 5. The zero-order chi connectivity index (χ0) is 26.0. The lowest BCUT2D eigenvalue weighted by atomic mass is 9.95. The Balaban J connectivity index is 1.35. The molecule has 3 saturated heterocycles. The first kappa shape index (κ1) is 25.4. The molecule has 37 heavy (non-hydrogen) atoms. The average Bonchev–Trinajstić information content (AvgIpc) is 3.55. The summed E-state index contributed by atoms with van der Waals surface area (Å²) in [5.74, 6) is -0.484. The van der Waals surface area contributed by atoms with Gasteiger partial charge >= 0.3 is 0 Å². The second kappa shape index (κ2) is 10.6. The number of nitrogens with one attached hydrogen (secondary N) is 1. The molecule has 0 radical (unpaired) electrons. The van der Waals surface area contributed by atoms with Gasteiger partial charge in [0.15, 0.2) is 0 Å². The maximum absolute atomic E-state index is 13.9. The minimum absolute atomic E-state index is 0.0111. The van der Waals surface area contributed by atoms with E-state index in [2.05, 4.69) is 5.32 Å². The van der Waals surface area contributed by atoms with Crippen molar-refractivity contribution in [3.63, 3.8) is 0 Å². The van der Waals surface area contributed by atoms with Gasteiger partial charge in [-0.05, 0) is 51.0 Å². The van der Waals surface area contributed by atoms with Crippen molar-refractivity contribution in [2.24, 2.45) is 0 Å². The van der Waals surface area contributed by atoms with Crippen LogP contribution in [0.3, 0.4) is 0 Å². The van der Waals surface area contributed by atoms with Crippen LogP contribution < -0.4 is 5.32 Å². The molecule has 1 N–H and O–H groups in total. The molecule has 0 aromatic heterocycles. The molecule has 2 aromatic rings. The van der Waals surface area contributed by atoms with Crippen molar-refractivity contribution in [2.45, 2.75) is 57.4 Å². The molecule has 3 aliphatic heterocycles. The summed E-state index contributed by atoms with van der Waals surface area (Å²) in [6, 6.07) is 14.2. The molecule has 3 aliphatic rings. The zero-order valence-corrected chi connectivity index (χ0v) is 21.6. The molecular weight excluding hydrogens is 470 g/mol. The SMILES string of the molecule is Cc1cccc(C(=O)N2CCC3(CC2)OC[C@@H](C(=O)NC[C@H]2CCCO2)N3C(=O)c2cccc(C)c2)c1. The number of ether oxygens (including phenoxy) is 2. The van der Waals surface area contributed by atoms with Gasteiger partial charge in [0.2, 0.25) is 5.91 Å². The molecule has 0 unspecified atom stereocenters. The zero-order valence-electron chi connectivity index (χ0n) is 21.6. The van der Waals surface area contributed by atoms with Crippen LogP contribution >= 0.6 is 0 Å². The van der Waals surface area contributed by atoms with Crippen molar-refractivity contribution in [1.29, 1.82) is 0 Å². The topological polar surface area (TPSA) is 88.2 Å². The van der Waals surface area contributed by atoms with E-state index in [9.17, 15) is 14.4 Å². The first-order valence-electron chi connectivity index (χ1n) is 13.2. The van der Waals surface area contributed by atoms with Crippen LogP contribution in [0, 0.1) is 13.8 Å². The van der Waals surface area contributed by atoms with Gasteiger partial charge in [0.25, 0.3) is 11.8 Å². The molecule has 3 amide bonds. The minimum atomic E-state index is -0.934. The van der Waals surface area contributed by atoms with Gasteiger partial charge < -0.3 is 19.7 Å². The number of likely N-dealkylation sites (tertiary alicyclic amines) is 1. The highest BCUT2D eigenvalue weighted by Crippen LogP contribution is 2.39. The first-order valence-corrected chi connectivity index (χ1v) is 13.2. The summed E-state index contributed by atoms with van der Waals surface area (Å²) >= 11 is 0. The average molecular weight is 506 g/mol. The van der Waals surface area contributed by atoms with Crippen molar-refractivity contribution in [3.8, 4) is 0 Å². The Morgan fingerprint density at radius 1 is 0.973 bits per heavy atom. The van der Waals surface area contributed by atoms with Gasteiger partial charge in [-0.25, -0.2) is 0 Å². The smallest absolute Gasteiger partial charge is 0.256 e. The van der Waals surface area contributed by atoms with Crippen molar-refractivity contribution < 1.29 is 23.9 Å². The summed E-state index contributed by atoms with van der Waals surface area (Å²) in [6.45, 7) is 6.05. The molecule has 3 heterocycles. The molecule has 8 nitrogen and oxygen atoms in total. The van der Waals surface area contributed by atoms with Crippen LogP contribution in [0.4, 0.5) is 0 Å². The van der Waals surface area contributed by atoms with Crippen molar-refractivity contribution >= 4 is 17.7 Å². The van der Waals surface area contributed by atoms with E-state index in [1.807, 2.05) is 61.2 Å². The second-order valence-electron chi connectivity index (χ2n) is 10.4. The molecule has 2 atom stereocenters. The second-order valence-corrected chi connectivity index (χ2v) is 10.4. The molecule has 0 bridgehead atoms. The number of rotatable bonds is 5. The van der Waals surface area contributed by atoms with Gasteiger partial charge in [0.1, 0.15) is 11.8 Å².